The highest BCUT2D eigenvalue weighted by atomic mass is 79.9. The number of ether oxygens (including phenoxy) is 1. The topological polar surface area (TPSA) is 21.3 Å². The minimum atomic E-state index is 0.224. The van der Waals surface area contributed by atoms with Crippen molar-refractivity contribution in [3.63, 3.8) is 0 Å². The molecule has 20 heavy (non-hydrogen) atoms. The number of hydrogen-bond donors (Lipinski definition) is 1. The van der Waals surface area contributed by atoms with E-state index in [-0.39, 0.29) is 5.54 Å². The van der Waals surface area contributed by atoms with E-state index in [1.54, 1.807) is 0 Å². The maximum absolute atomic E-state index is 6.09. The summed E-state index contributed by atoms with van der Waals surface area (Å²) in [6, 6.07) is 5.70. The van der Waals surface area contributed by atoms with Crippen molar-refractivity contribution < 1.29 is 4.74 Å². The van der Waals surface area contributed by atoms with Crippen molar-refractivity contribution in [2.45, 2.75) is 52.0 Å². The molecule has 1 aromatic carbocycles. The molecule has 0 amide bonds. The van der Waals surface area contributed by atoms with Gasteiger partial charge in [0.05, 0.1) is 11.6 Å². The van der Waals surface area contributed by atoms with Crippen LogP contribution in [0.2, 0.25) is 5.02 Å². The summed E-state index contributed by atoms with van der Waals surface area (Å²) in [4.78, 5) is 0. The molecule has 0 fully saturated rings. The third kappa shape index (κ3) is 8.13. The second kappa shape index (κ2) is 8.91. The Bertz CT molecular complexity index is 404. The molecule has 1 rings (SSSR count). The van der Waals surface area contributed by atoms with Crippen LogP contribution in [0.5, 0.6) is 5.75 Å². The molecule has 1 aromatic rings. The molecule has 4 heteroatoms. The van der Waals surface area contributed by atoms with E-state index in [2.05, 4.69) is 42.0 Å². The normalized spacial score (nSPS) is 11.7. The van der Waals surface area contributed by atoms with Gasteiger partial charge in [-0.25, -0.2) is 0 Å². The Labute approximate surface area is 136 Å². The highest BCUT2D eigenvalue weighted by molar-refractivity contribution is 9.10. The fourth-order valence-corrected chi connectivity index (χ4v) is 2.55. The van der Waals surface area contributed by atoms with E-state index in [1.165, 1.54) is 19.3 Å². The quantitative estimate of drug-likeness (QED) is 0.623. The van der Waals surface area contributed by atoms with Crippen LogP contribution >= 0.6 is 27.5 Å². The highest BCUT2D eigenvalue weighted by Crippen LogP contribution is 2.27. The predicted octanol–water partition coefficient (Wildman–Crippen LogP) is 5.43. The van der Waals surface area contributed by atoms with Crippen LogP contribution in [-0.2, 0) is 0 Å². The third-order valence-electron chi connectivity index (χ3n) is 2.88. The average Bonchev–Trinajstić information content (AvgIpc) is 2.33. The van der Waals surface area contributed by atoms with Crippen molar-refractivity contribution >= 4 is 27.5 Å². The highest BCUT2D eigenvalue weighted by Gasteiger charge is 2.07. The lowest BCUT2D eigenvalue weighted by Crippen LogP contribution is -2.36. The van der Waals surface area contributed by atoms with Crippen LogP contribution in [0.1, 0.15) is 46.5 Å². The van der Waals surface area contributed by atoms with Crippen LogP contribution in [0.25, 0.3) is 0 Å². The summed E-state index contributed by atoms with van der Waals surface area (Å²) in [6.45, 7) is 8.41. The summed E-state index contributed by atoms with van der Waals surface area (Å²) in [5.41, 5.74) is 0.224. The van der Waals surface area contributed by atoms with Gasteiger partial charge in [0.2, 0.25) is 0 Å². The van der Waals surface area contributed by atoms with Crippen molar-refractivity contribution in [1.82, 2.24) is 5.32 Å². The van der Waals surface area contributed by atoms with Gasteiger partial charge in [-0.1, -0.05) is 40.4 Å². The van der Waals surface area contributed by atoms with Crippen LogP contribution in [0.3, 0.4) is 0 Å². The Hall–Kier alpha value is -0.250. The van der Waals surface area contributed by atoms with E-state index in [0.717, 1.165) is 29.8 Å². The van der Waals surface area contributed by atoms with Crippen LogP contribution in [-0.4, -0.2) is 18.7 Å². The molecule has 0 aliphatic heterocycles. The van der Waals surface area contributed by atoms with Gasteiger partial charge in [-0.05, 0) is 58.4 Å². The molecule has 0 spiro atoms. The Morgan fingerprint density at radius 1 is 1.15 bits per heavy atom. The fourth-order valence-electron chi connectivity index (χ4n) is 1.82. The van der Waals surface area contributed by atoms with Crippen molar-refractivity contribution in [1.29, 1.82) is 0 Å². The smallest absolute Gasteiger partial charge is 0.137 e. The standard InChI is InChI=1S/C16H25BrClNO/c1-16(2,3)19-10-6-4-5-7-11-20-15-9-8-13(17)12-14(15)18/h8-9,12,19H,4-7,10-11H2,1-3H3. The molecular formula is C16H25BrClNO. The third-order valence-corrected chi connectivity index (χ3v) is 3.67. The summed E-state index contributed by atoms with van der Waals surface area (Å²) in [5, 5.41) is 4.16. The predicted molar refractivity (Wildman–Crippen MR) is 90.9 cm³/mol. The zero-order valence-electron chi connectivity index (χ0n) is 12.6. The molecule has 0 heterocycles. The first kappa shape index (κ1) is 17.8. The number of halogens is 2. The summed E-state index contributed by atoms with van der Waals surface area (Å²) in [6.07, 6.45) is 4.72. The van der Waals surface area contributed by atoms with Crippen LogP contribution in [0.15, 0.2) is 22.7 Å². The average molecular weight is 363 g/mol. The maximum Gasteiger partial charge on any atom is 0.137 e. The van der Waals surface area contributed by atoms with Crippen LogP contribution in [0, 0.1) is 0 Å². The molecule has 1 N–H and O–H groups in total. The largest absolute Gasteiger partial charge is 0.492 e. The summed E-state index contributed by atoms with van der Waals surface area (Å²) in [5.74, 6) is 0.768. The van der Waals surface area contributed by atoms with Gasteiger partial charge in [0.25, 0.3) is 0 Å². The number of unbranched alkanes of at least 4 members (excludes halogenated alkanes) is 3. The molecule has 0 atom stereocenters. The van der Waals surface area contributed by atoms with E-state index < -0.39 is 0 Å². The van der Waals surface area contributed by atoms with Gasteiger partial charge in [-0.3, -0.25) is 0 Å². The van der Waals surface area contributed by atoms with Crippen LogP contribution in [0.4, 0.5) is 0 Å². The van der Waals surface area contributed by atoms with E-state index in [1.807, 2.05) is 18.2 Å². The summed E-state index contributed by atoms with van der Waals surface area (Å²) in [7, 11) is 0. The second-order valence-electron chi connectivity index (χ2n) is 6.01. The van der Waals surface area contributed by atoms with E-state index in [9.17, 15) is 0 Å². The zero-order chi connectivity index (χ0) is 15.0. The number of benzene rings is 1. The molecular weight excluding hydrogens is 338 g/mol. The maximum atomic E-state index is 6.09. The number of nitrogens with one attached hydrogen (secondary N) is 1. The molecule has 0 aliphatic rings. The first-order valence-electron chi connectivity index (χ1n) is 7.21. The van der Waals surface area contributed by atoms with Crippen molar-refractivity contribution in [2.24, 2.45) is 0 Å². The summed E-state index contributed by atoms with van der Waals surface area (Å²) < 4.78 is 6.66. The van der Waals surface area contributed by atoms with E-state index >= 15 is 0 Å². The Morgan fingerprint density at radius 2 is 1.85 bits per heavy atom. The fraction of sp³-hybridized carbons (Fsp3) is 0.625. The molecule has 0 bridgehead atoms. The van der Waals surface area contributed by atoms with Gasteiger partial charge >= 0.3 is 0 Å². The van der Waals surface area contributed by atoms with Gasteiger partial charge in [0.15, 0.2) is 0 Å². The summed E-state index contributed by atoms with van der Waals surface area (Å²) >= 11 is 9.47. The molecule has 0 saturated heterocycles. The van der Waals surface area contributed by atoms with Gasteiger partial charge in [0, 0.05) is 10.0 Å². The van der Waals surface area contributed by atoms with Crippen molar-refractivity contribution in [3.05, 3.63) is 27.7 Å². The zero-order valence-corrected chi connectivity index (χ0v) is 15.0. The monoisotopic (exact) mass is 361 g/mol. The second-order valence-corrected chi connectivity index (χ2v) is 7.34. The van der Waals surface area contributed by atoms with Crippen molar-refractivity contribution in [2.75, 3.05) is 13.2 Å². The lowest BCUT2D eigenvalue weighted by atomic mass is 10.1. The Balaban J connectivity index is 2.05. The SMILES string of the molecule is CC(C)(C)NCCCCCCOc1ccc(Br)cc1Cl. The Morgan fingerprint density at radius 3 is 2.50 bits per heavy atom. The molecule has 0 unspecified atom stereocenters. The number of hydrogen-bond acceptors (Lipinski definition) is 2. The van der Waals surface area contributed by atoms with E-state index in [4.69, 9.17) is 16.3 Å². The molecule has 0 aliphatic carbocycles. The van der Waals surface area contributed by atoms with Gasteiger partial charge in [-0.15, -0.1) is 0 Å². The van der Waals surface area contributed by atoms with Crippen molar-refractivity contribution in [3.8, 4) is 5.75 Å². The first-order valence-corrected chi connectivity index (χ1v) is 8.38. The molecule has 0 saturated carbocycles. The van der Waals surface area contributed by atoms with E-state index in [0.29, 0.717) is 5.02 Å². The van der Waals surface area contributed by atoms with Gasteiger partial charge in [-0.2, -0.15) is 0 Å². The van der Waals surface area contributed by atoms with Gasteiger partial charge in [0.1, 0.15) is 5.75 Å². The molecule has 2 nitrogen and oxygen atoms in total. The molecule has 114 valence electrons. The lowest BCUT2D eigenvalue weighted by molar-refractivity contribution is 0.304. The minimum Gasteiger partial charge on any atom is -0.492 e. The van der Waals surface area contributed by atoms with Gasteiger partial charge < -0.3 is 10.1 Å². The van der Waals surface area contributed by atoms with Crippen LogP contribution < -0.4 is 10.1 Å². The minimum absolute atomic E-state index is 0.224. The Kier molecular flexibility index (Phi) is 7.93. The molecule has 0 aromatic heterocycles. The first-order chi connectivity index (χ1) is 9.38. The molecule has 0 radical (unpaired) electrons. The number of rotatable bonds is 8. The lowest BCUT2D eigenvalue weighted by Gasteiger charge is -2.20.